The van der Waals surface area contributed by atoms with E-state index in [9.17, 15) is 9.90 Å². The van der Waals surface area contributed by atoms with Crippen LogP contribution in [0.4, 0.5) is 0 Å². The summed E-state index contributed by atoms with van der Waals surface area (Å²) in [5, 5.41) is 11.6. The molecule has 1 aromatic rings. The van der Waals surface area contributed by atoms with E-state index in [1.54, 1.807) is 14.1 Å². The molecular weight excluding hydrogens is 198 g/mol. The highest BCUT2D eigenvalue weighted by Gasteiger charge is 2.19. The van der Waals surface area contributed by atoms with Crippen molar-refractivity contribution in [3.63, 3.8) is 0 Å². The Morgan fingerprint density at radius 1 is 1.50 bits per heavy atom. The number of nitrogens with zero attached hydrogens (tertiary/aromatic N) is 1. The first-order valence-electron chi connectivity index (χ1n) is 4.47. The summed E-state index contributed by atoms with van der Waals surface area (Å²) in [6.45, 7) is 3.98. The largest absolute Gasteiger partial charge is 0.506 e. The maximum Gasteiger partial charge on any atom is 0.267 e. The monoisotopic (exact) mass is 213 g/mol. The molecule has 0 aliphatic heterocycles. The molecule has 0 aliphatic carbocycles. The number of hydrogen-bond donors (Lipinski definition) is 1. The Hall–Kier alpha value is -1.03. The first-order valence-corrected chi connectivity index (χ1v) is 5.35. The topological polar surface area (TPSA) is 40.5 Å². The molecule has 78 valence electrons. The lowest BCUT2D eigenvalue weighted by Crippen LogP contribution is -2.20. The minimum absolute atomic E-state index is 0.139. The predicted molar refractivity (Wildman–Crippen MR) is 58.1 cm³/mol. The molecule has 3 nitrogen and oxygen atoms in total. The van der Waals surface area contributed by atoms with E-state index in [-0.39, 0.29) is 17.6 Å². The molecule has 0 saturated carbocycles. The van der Waals surface area contributed by atoms with Gasteiger partial charge in [0.1, 0.15) is 10.6 Å². The van der Waals surface area contributed by atoms with Crippen molar-refractivity contribution in [1.29, 1.82) is 0 Å². The van der Waals surface area contributed by atoms with Crippen molar-refractivity contribution in [1.82, 2.24) is 4.90 Å². The minimum Gasteiger partial charge on any atom is -0.506 e. The van der Waals surface area contributed by atoms with E-state index in [2.05, 4.69) is 0 Å². The van der Waals surface area contributed by atoms with Gasteiger partial charge < -0.3 is 10.0 Å². The van der Waals surface area contributed by atoms with E-state index < -0.39 is 0 Å². The Bertz CT molecular complexity index is 342. The van der Waals surface area contributed by atoms with Crippen molar-refractivity contribution >= 4 is 17.2 Å². The standard InChI is InChI=1S/C10H15NO2S/c1-6(2)7-5-14-9(8(7)12)10(13)11(3)4/h5-6,12H,1-4H3. The van der Waals surface area contributed by atoms with Gasteiger partial charge >= 0.3 is 0 Å². The third-order valence-corrected chi connectivity index (χ3v) is 2.99. The maximum atomic E-state index is 11.6. The molecule has 14 heavy (non-hydrogen) atoms. The fourth-order valence-corrected chi connectivity index (χ4v) is 2.27. The molecule has 0 aliphatic rings. The van der Waals surface area contributed by atoms with Gasteiger partial charge in [0.25, 0.3) is 5.91 Å². The van der Waals surface area contributed by atoms with E-state index in [4.69, 9.17) is 0 Å². The summed E-state index contributed by atoms with van der Waals surface area (Å²) >= 11 is 1.30. The fourth-order valence-electron chi connectivity index (χ4n) is 1.13. The van der Waals surface area contributed by atoms with Crippen LogP contribution in [0.15, 0.2) is 5.38 Å². The van der Waals surface area contributed by atoms with Crippen LogP contribution >= 0.6 is 11.3 Å². The van der Waals surface area contributed by atoms with Crippen LogP contribution in [-0.2, 0) is 0 Å². The minimum atomic E-state index is -0.139. The molecule has 0 radical (unpaired) electrons. The molecule has 0 unspecified atom stereocenters. The smallest absolute Gasteiger partial charge is 0.267 e. The Morgan fingerprint density at radius 3 is 2.43 bits per heavy atom. The van der Waals surface area contributed by atoms with Gasteiger partial charge in [0.15, 0.2) is 0 Å². The molecule has 1 heterocycles. The molecule has 1 rings (SSSR count). The third kappa shape index (κ3) is 1.90. The zero-order valence-electron chi connectivity index (χ0n) is 8.87. The number of hydrogen-bond acceptors (Lipinski definition) is 3. The lowest BCUT2D eigenvalue weighted by Gasteiger charge is -2.09. The third-order valence-electron chi connectivity index (χ3n) is 2.01. The zero-order chi connectivity index (χ0) is 10.9. The van der Waals surface area contributed by atoms with Gasteiger partial charge in [-0.15, -0.1) is 11.3 Å². The van der Waals surface area contributed by atoms with Gasteiger partial charge in [-0.2, -0.15) is 0 Å². The molecule has 0 saturated heterocycles. The molecule has 0 atom stereocenters. The molecule has 4 heteroatoms. The van der Waals surface area contributed by atoms with Gasteiger partial charge in [-0.25, -0.2) is 0 Å². The van der Waals surface area contributed by atoms with E-state index in [0.717, 1.165) is 5.56 Å². The lowest BCUT2D eigenvalue weighted by molar-refractivity contribution is 0.0829. The summed E-state index contributed by atoms with van der Waals surface area (Å²) in [5.74, 6) is 0.248. The number of carbonyl (C=O) groups excluding carboxylic acids is 1. The summed E-state index contributed by atoms with van der Waals surface area (Å²) in [4.78, 5) is 13.5. The van der Waals surface area contributed by atoms with Gasteiger partial charge in [0.2, 0.25) is 0 Å². The van der Waals surface area contributed by atoms with Crippen LogP contribution in [-0.4, -0.2) is 30.0 Å². The van der Waals surface area contributed by atoms with Gasteiger partial charge in [-0.3, -0.25) is 4.79 Å². The van der Waals surface area contributed by atoms with Crippen LogP contribution in [0, 0.1) is 0 Å². The van der Waals surface area contributed by atoms with Crippen molar-refractivity contribution in [3.05, 3.63) is 15.8 Å². The molecule has 1 N–H and O–H groups in total. The van der Waals surface area contributed by atoms with E-state index >= 15 is 0 Å². The second-order valence-corrected chi connectivity index (χ2v) is 4.60. The Kier molecular flexibility index (Phi) is 3.16. The van der Waals surface area contributed by atoms with E-state index in [1.807, 2.05) is 19.2 Å². The summed E-state index contributed by atoms with van der Waals surface area (Å²) in [6.07, 6.45) is 0. The van der Waals surface area contributed by atoms with Crippen molar-refractivity contribution in [2.24, 2.45) is 0 Å². The first kappa shape index (κ1) is 11.0. The van der Waals surface area contributed by atoms with Crippen LogP contribution in [0.25, 0.3) is 0 Å². The molecule has 0 fully saturated rings. The molecule has 1 amide bonds. The van der Waals surface area contributed by atoms with Crippen molar-refractivity contribution in [2.45, 2.75) is 19.8 Å². The van der Waals surface area contributed by atoms with Crippen molar-refractivity contribution < 1.29 is 9.90 Å². The fraction of sp³-hybridized carbons (Fsp3) is 0.500. The van der Waals surface area contributed by atoms with Crippen molar-refractivity contribution in [2.75, 3.05) is 14.1 Å². The second-order valence-electron chi connectivity index (χ2n) is 3.72. The summed E-state index contributed by atoms with van der Waals surface area (Å²) in [6, 6.07) is 0. The number of rotatable bonds is 2. The number of carbonyl (C=O) groups is 1. The van der Waals surface area contributed by atoms with Gasteiger partial charge in [0, 0.05) is 19.7 Å². The summed E-state index contributed by atoms with van der Waals surface area (Å²) < 4.78 is 0. The Labute approximate surface area is 88.0 Å². The van der Waals surface area contributed by atoms with E-state index in [1.165, 1.54) is 16.2 Å². The lowest BCUT2D eigenvalue weighted by atomic mass is 10.1. The van der Waals surface area contributed by atoms with E-state index in [0.29, 0.717) is 4.88 Å². The summed E-state index contributed by atoms with van der Waals surface area (Å²) in [7, 11) is 3.35. The Balaban J connectivity index is 3.07. The zero-order valence-corrected chi connectivity index (χ0v) is 9.68. The number of aromatic hydroxyl groups is 1. The second kappa shape index (κ2) is 4.00. The Morgan fingerprint density at radius 2 is 2.07 bits per heavy atom. The quantitative estimate of drug-likeness (QED) is 0.818. The molecular formula is C10H15NO2S. The van der Waals surface area contributed by atoms with Crippen molar-refractivity contribution in [3.8, 4) is 5.75 Å². The van der Waals surface area contributed by atoms with Crippen LogP contribution in [0.5, 0.6) is 5.75 Å². The first-order chi connectivity index (χ1) is 6.45. The van der Waals surface area contributed by atoms with Crippen LogP contribution in [0.3, 0.4) is 0 Å². The average Bonchev–Trinajstić information content (AvgIpc) is 2.45. The summed E-state index contributed by atoms with van der Waals surface area (Å²) in [5.41, 5.74) is 0.847. The highest BCUT2D eigenvalue weighted by Crippen LogP contribution is 2.34. The maximum absolute atomic E-state index is 11.6. The normalized spacial score (nSPS) is 10.6. The highest BCUT2D eigenvalue weighted by molar-refractivity contribution is 7.12. The SMILES string of the molecule is CC(C)c1csc(C(=O)N(C)C)c1O. The molecule has 0 spiro atoms. The predicted octanol–water partition coefficient (Wildman–Crippen LogP) is 2.28. The molecule has 1 aromatic heterocycles. The van der Waals surface area contributed by atoms with Gasteiger partial charge in [-0.05, 0) is 11.3 Å². The van der Waals surface area contributed by atoms with Gasteiger partial charge in [0.05, 0.1) is 0 Å². The average molecular weight is 213 g/mol. The number of thiophene rings is 1. The highest BCUT2D eigenvalue weighted by atomic mass is 32.1. The van der Waals surface area contributed by atoms with Crippen LogP contribution in [0.1, 0.15) is 35.0 Å². The van der Waals surface area contributed by atoms with Crippen LogP contribution < -0.4 is 0 Å². The molecule has 0 bridgehead atoms. The molecule has 0 aromatic carbocycles. The number of amides is 1. The van der Waals surface area contributed by atoms with Gasteiger partial charge in [-0.1, -0.05) is 13.8 Å². The van der Waals surface area contributed by atoms with Crippen LogP contribution in [0.2, 0.25) is 0 Å².